The summed E-state index contributed by atoms with van der Waals surface area (Å²) in [6, 6.07) is 10.3. The van der Waals surface area contributed by atoms with Crippen molar-refractivity contribution in [3.63, 3.8) is 0 Å². The summed E-state index contributed by atoms with van der Waals surface area (Å²) < 4.78 is 10.7. The summed E-state index contributed by atoms with van der Waals surface area (Å²) >= 11 is 3.23. The third-order valence-corrected chi connectivity index (χ3v) is 6.73. The number of fused-ring (bicyclic) bond motifs is 1. The van der Waals surface area contributed by atoms with Gasteiger partial charge in [0.1, 0.15) is 0 Å². The summed E-state index contributed by atoms with van der Waals surface area (Å²) in [7, 11) is 3.29. The van der Waals surface area contributed by atoms with Crippen LogP contribution in [0.15, 0.2) is 40.3 Å². The van der Waals surface area contributed by atoms with E-state index in [1.165, 1.54) is 21.5 Å². The van der Waals surface area contributed by atoms with Gasteiger partial charge in [-0.05, 0) is 42.2 Å². The minimum Gasteiger partial charge on any atom is -0.493 e. The summed E-state index contributed by atoms with van der Waals surface area (Å²) in [4.78, 5) is 24.6. The maximum Gasteiger partial charge on any atom is 0.256 e. The van der Waals surface area contributed by atoms with E-state index in [0.717, 1.165) is 47.8 Å². The fourth-order valence-electron chi connectivity index (χ4n) is 3.52. The minimum absolute atomic E-state index is 0.0127. The number of thioether (sulfide) groups is 1. The SMILES string of the molecule is COc1ccc(-c2ccc(CN3CCc4nc(SC)[nH]c(=O)c4C3)s2)cc1OC. The summed E-state index contributed by atoms with van der Waals surface area (Å²) in [6.07, 6.45) is 2.73. The lowest BCUT2D eigenvalue weighted by Crippen LogP contribution is -2.35. The molecule has 1 aliphatic rings. The van der Waals surface area contributed by atoms with Crippen molar-refractivity contribution in [1.29, 1.82) is 0 Å². The van der Waals surface area contributed by atoms with Crippen LogP contribution in [0.3, 0.4) is 0 Å². The topological polar surface area (TPSA) is 67.5 Å². The highest BCUT2D eigenvalue weighted by molar-refractivity contribution is 7.98. The van der Waals surface area contributed by atoms with Gasteiger partial charge < -0.3 is 14.5 Å². The van der Waals surface area contributed by atoms with E-state index in [9.17, 15) is 4.79 Å². The Bertz CT molecular complexity index is 1080. The van der Waals surface area contributed by atoms with E-state index in [0.29, 0.717) is 11.7 Å². The Morgan fingerprint density at radius 1 is 1.21 bits per heavy atom. The number of hydrogen-bond acceptors (Lipinski definition) is 7. The summed E-state index contributed by atoms with van der Waals surface area (Å²) in [5, 5.41) is 0.694. The van der Waals surface area contributed by atoms with Crippen molar-refractivity contribution in [2.45, 2.75) is 24.7 Å². The van der Waals surface area contributed by atoms with Crippen molar-refractivity contribution >= 4 is 23.1 Å². The van der Waals surface area contributed by atoms with Crippen molar-refractivity contribution in [2.24, 2.45) is 0 Å². The molecule has 0 saturated heterocycles. The van der Waals surface area contributed by atoms with E-state index in [4.69, 9.17) is 9.47 Å². The fraction of sp³-hybridized carbons (Fsp3) is 0.333. The standard InChI is InChI=1S/C21H23N3O3S2/c1-26-17-6-4-13(10-18(17)27-2)19-7-5-14(29-19)11-24-9-8-16-15(12-24)20(25)23-21(22-16)28-3/h4-7,10H,8-9,11-12H2,1-3H3,(H,22,23,25). The normalized spacial score (nSPS) is 13.9. The molecule has 3 aromatic rings. The van der Waals surface area contributed by atoms with E-state index in [2.05, 4.69) is 27.0 Å². The van der Waals surface area contributed by atoms with Crippen molar-refractivity contribution < 1.29 is 9.47 Å². The average molecular weight is 430 g/mol. The molecule has 0 amide bonds. The van der Waals surface area contributed by atoms with Crippen molar-refractivity contribution in [3.8, 4) is 21.9 Å². The second-order valence-corrected chi connectivity index (χ2v) is 8.76. The van der Waals surface area contributed by atoms with Gasteiger partial charge in [0.05, 0.1) is 25.5 Å². The number of methoxy groups -OCH3 is 2. The molecule has 3 heterocycles. The zero-order valence-corrected chi connectivity index (χ0v) is 18.3. The molecule has 29 heavy (non-hydrogen) atoms. The number of nitrogens with zero attached hydrogens (tertiary/aromatic N) is 2. The monoisotopic (exact) mass is 429 g/mol. The van der Waals surface area contributed by atoms with Gasteiger partial charge in [0, 0.05) is 35.8 Å². The van der Waals surface area contributed by atoms with Crippen molar-refractivity contribution in [3.05, 3.63) is 56.8 Å². The van der Waals surface area contributed by atoms with Crippen LogP contribution in [0.2, 0.25) is 0 Å². The molecule has 0 fully saturated rings. The van der Waals surface area contributed by atoms with Crippen molar-refractivity contribution in [1.82, 2.24) is 14.9 Å². The smallest absolute Gasteiger partial charge is 0.256 e. The number of aromatic amines is 1. The molecule has 0 bridgehead atoms. The van der Waals surface area contributed by atoms with Crippen LogP contribution in [0.25, 0.3) is 10.4 Å². The molecule has 1 aromatic carbocycles. The van der Waals surface area contributed by atoms with E-state index in [-0.39, 0.29) is 5.56 Å². The molecule has 2 aromatic heterocycles. The van der Waals surface area contributed by atoms with E-state index < -0.39 is 0 Å². The van der Waals surface area contributed by atoms with Gasteiger partial charge in [-0.3, -0.25) is 9.69 Å². The number of benzene rings is 1. The van der Waals surface area contributed by atoms with Gasteiger partial charge in [-0.2, -0.15) is 0 Å². The maximum atomic E-state index is 12.4. The molecule has 1 N–H and O–H groups in total. The molecule has 8 heteroatoms. The van der Waals surface area contributed by atoms with Gasteiger partial charge in [-0.25, -0.2) is 4.98 Å². The second kappa shape index (κ2) is 8.61. The first kappa shape index (κ1) is 20.0. The van der Waals surface area contributed by atoms with Gasteiger partial charge in [-0.15, -0.1) is 11.3 Å². The molecule has 152 valence electrons. The lowest BCUT2D eigenvalue weighted by Gasteiger charge is -2.27. The molecule has 0 atom stereocenters. The van der Waals surface area contributed by atoms with Gasteiger partial charge >= 0.3 is 0 Å². The zero-order valence-electron chi connectivity index (χ0n) is 16.7. The van der Waals surface area contributed by atoms with E-state index >= 15 is 0 Å². The van der Waals surface area contributed by atoms with Crippen LogP contribution in [-0.2, 0) is 19.5 Å². The second-order valence-electron chi connectivity index (χ2n) is 6.80. The highest BCUT2D eigenvalue weighted by Gasteiger charge is 2.21. The number of ether oxygens (including phenoxy) is 2. The molecule has 0 spiro atoms. The van der Waals surface area contributed by atoms with Crippen LogP contribution in [0.1, 0.15) is 16.1 Å². The molecule has 0 saturated carbocycles. The van der Waals surface area contributed by atoms with Gasteiger partial charge in [0.2, 0.25) is 0 Å². The number of rotatable bonds is 6. The Labute approximate surface area is 177 Å². The molecule has 0 unspecified atom stereocenters. The maximum absolute atomic E-state index is 12.4. The minimum atomic E-state index is -0.0127. The Kier molecular flexibility index (Phi) is 5.94. The largest absolute Gasteiger partial charge is 0.493 e. The summed E-state index contributed by atoms with van der Waals surface area (Å²) in [5.41, 5.74) is 2.83. The number of nitrogens with one attached hydrogen (secondary N) is 1. The Balaban J connectivity index is 1.50. The predicted molar refractivity (Wildman–Crippen MR) is 117 cm³/mol. The summed E-state index contributed by atoms with van der Waals surface area (Å²) in [6.45, 7) is 2.36. The molecular weight excluding hydrogens is 406 g/mol. The van der Waals surface area contributed by atoms with Crippen LogP contribution in [-0.4, -0.2) is 41.9 Å². The predicted octanol–water partition coefficient (Wildman–Crippen LogP) is 3.80. The fourth-order valence-corrected chi connectivity index (χ4v) is 4.96. The molecule has 0 radical (unpaired) electrons. The lowest BCUT2D eigenvalue weighted by molar-refractivity contribution is 0.243. The molecular formula is C21H23N3O3S2. The molecule has 6 nitrogen and oxygen atoms in total. The highest BCUT2D eigenvalue weighted by Crippen LogP contribution is 2.35. The van der Waals surface area contributed by atoms with Crippen LogP contribution in [0.5, 0.6) is 11.5 Å². The molecule has 4 rings (SSSR count). The number of hydrogen-bond donors (Lipinski definition) is 1. The van der Waals surface area contributed by atoms with Gasteiger partial charge in [0.15, 0.2) is 16.7 Å². The lowest BCUT2D eigenvalue weighted by atomic mass is 10.1. The highest BCUT2D eigenvalue weighted by atomic mass is 32.2. The van der Waals surface area contributed by atoms with Crippen LogP contribution < -0.4 is 15.0 Å². The number of thiophene rings is 1. The first-order valence-corrected chi connectivity index (χ1v) is 11.3. The third-order valence-electron chi connectivity index (χ3n) is 5.03. The Morgan fingerprint density at radius 2 is 2.03 bits per heavy atom. The first-order valence-electron chi connectivity index (χ1n) is 9.30. The Hall–Kier alpha value is -2.29. The third kappa shape index (κ3) is 4.19. The Morgan fingerprint density at radius 3 is 2.79 bits per heavy atom. The zero-order chi connectivity index (χ0) is 20.4. The number of aromatic nitrogens is 2. The van der Waals surface area contributed by atoms with Crippen LogP contribution in [0.4, 0.5) is 0 Å². The van der Waals surface area contributed by atoms with E-state index in [1.54, 1.807) is 25.6 Å². The van der Waals surface area contributed by atoms with E-state index in [1.807, 2.05) is 24.5 Å². The first-order chi connectivity index (χ1) is 14.1. The van der Waals surface area contributed by atoms with Crippen LogP contribution in [0, 0.1) is 0 Å². The van der Waals surface area contributed by atoms with Gasteiger partial charge in [0.25, 0.3) is 5.56 Å². The number of H-pyrrole nitrogens is 1. The van der Waals surface area contributed by atoms with Gasteiger partial charge in [-0.1, -0.05) is 11.8 Å². The summed E-state index contributed by atoms with van der Waals surface area (Å²) in [5.74, 6) is 1.45. The molecule has 0 aliphatic carbocycles. The average Bonchev–Trinajstić information content (AvgIpc) is 3.21. The molecule has 1 aliphatic heterocycles. The van der Waals surface area contributed by atoms with Crippen LogP contribution >= 0.6 is 23.1 Å². The quantitative estimate of drug-likeness (QED) is 0.475. The van der Waals surface area contributed by atoms with Crippen molar-refractivity contribution in [2.75, 3.05) is 27.0 Å².